The number of aromatic nitrogens is 1. The van der Waals surface area contributed by atoms with Crippen LogP contribution in [-0.2, 0) is 22.9 Å². The van der Waals surface area contributed by atoms with E-state index in [1.165, 1.54) is 9.18 Å². The molecule has 2 N–H and O–H groups in total. The van der Waals surface area contributed by atoms with E-state index >= 15 is 0 Å². The molecule has 0 atom stereocenters. The van der Waals surface area contributed by atoms with Crippen molar-refractivity contribution < 1.29 is 8.42 Å². The van der Waals surface area contributed by atoms with E-state index in [2.05, 4.69) is 27.5 Å². The quantitative estimate of drug-likeness (QED) is 0.220. The number of nitrogens with zero attached hydrogens (tertiary/aromatic N) is 3. The minimum Gasteiger partial charge on any atom is -0.356 e. The van der Waals surface area contributed by atoms with Gasteiger partial charge in [-0.15, -0.1) is 35.3 Å². The molecule has 0 radical (unpaired) electrons. The number of rotatable bonds is 10. The summed E-state index contributed by atoms with van der Waals surface area (Å²) in [5.74, 6) is 0.861. The molecule has 1 aromatic rings. The first-order valence-corrected chi connectivity index (χ1v) is 10.7. The number of hydrogen-bond donors (Lipinski definition) is 2. The molecule has 0 bridgehead atoms. The highest BCUT2D eigenvalue weighted by molar-refractivity contribution is 14.0. The number of thiazole rings is 1. The lowest BCUT2D eigenvalue weighted by molar-refractivity contribution is 0.461. The van der Waals surface area contributed by atoms with Crippen molar-refractivity contribution in [1.82, 2.24) is 19.9 Å². The molecule has 0 fully saturated rings. The Hall–Kier alpha value is -0.460. The summed E-state index contributed by atoms with van der Waals surface area (Å²) in [4.78, 5) is 9.86. The Kier molecular flexibility index (Phi) is 12.6. The van der Waals surface area contributed by atoms with E-state index < -0.39 is 10.0 Å². The summed E-state index contributed by atoms with van der Waals surface area (Å²) in [6.07, 6.45) is 4.55. The summed E-state index contributed by atoms with van der Waals surface area (Å²) in [7, 11) is 0.244. The van der Waals surface area contributed by atoms with Gasteiger partial charge >= 0.3 is 0 Å². The molecule has 7 nitrogen and oxygen atoms in total. The Bertz CT molecular complexity index is 619. The predicted molar refractivity (Wildman–Crippen MR) is 117 cm³/mol. The highest BCUT2D eigenvalue weighted by Gasteiger charge is 2.13. The molecule has 10 heteroatoms. The second-order valence-corrected chi connectivity index (χ2v) is 8.89. The van der Waals surface area contributed by atoms with Crippen LogP contribution in [0.5, 0.6) is 0 Å². The van der Waals surface area contributed by atoms with Gasteiger partial charge in [0.15, 0.2) is 5.96 Å². The molecule has 25 heavy (non-hydrogen) atoms. The molecule has 0 amide bonds. The van der Waals surface area contributed by atoms with Gasteiger partial charge in [-0.3, -0.25) is 4.99 Å². The van der Waals surface area contributed by atoms with Gasteiger partial charge in [0.25, 0.3) is 0 Å². The molecule has 146 valence electrons. The normalized spacial score (nSPS) is 12.1. The molecule has 1 aromatic heterocycles. The van der Waals surface area contributed by atoms with Crippen LogP contribution in [0.4, 0.5) is 0 Å². The second kappa shape index (κ2) is 12.8. The summed E-state index contributed by atoms with van der Waals surface area (Å²) in [5, 5.41) is 7.57. The van der Waals surface area contributed by atoms with Crippen molar-refractivity contribution >= 4 is 51.3 Å². The Balaban J connectivity index is 0.00000576. The standard InChI is InChI=1S/C15H29N5O2S2.HI/c1-5-13-12-19-14(23-13)8-10-18-15(16-3)17-9-7-11-20(4)24(21,22)6-2;/h12H,5-11H2,1-4H3,(H2,16,17,18);1H. The van der Waals surface area contributed by atoms with E-state index in [1.54, 1.807) is 32.4 Å². The maximum Gasteiger partial charge on any atom is 0.213 e. The maximum atomic E-state index is 11.6. The van der Waals surface area contributed by atoms with Crippen molar-refractivity contribution in [2.75, 3.05) is 39.5 Å². The van der Waals surface area contributed by atoms with E-state index in [9.17, 15) is 8.42 Å². The molecule has 1 heterocycles. The zero-order valence-electron chi connectivity index (χ0n) is 15.4. The molecule has 0 aliphatic carbocycles. The lowest BCUT2D eigenvalue weighted by atomic mass is 10.4. The summed E-state index contributed by atoms with van der Waals surface area (Å²) in [5.41, 5.74) is 0. The molecule has 0 aliphatic rings. The van der Waals surface area contributed by atoms with Crippen molar-refractivity contribution in [3.05, 3.63) is 16.1 Å². The first-order chi connectivity index (χ1) is 11.4. The van der Waals surface area contributed by atoms with Gasteiger partial charge in [0.2, 0.25) is 10.0 Å². The minimum absolute atomic E-state index is 0. The molecule has 0 unspecified atom stereocenters. The van der Waals surface area contributed by atoms with Gasteiger partial charge in [0, 0.05) is 51.2 Å². The number of aliphatic imine (C=N–C) groups is 1. The largest absolute Gasteiger partial charge is 0.356 e. The van der Waals surface area contributed by atoms with Crippen LogP contribution in [0.1, 0.15) is 30.2 Å². The highest BCUT2D eigenvalue weighted by Crippen LogP contribution is 2.13. The van der Waals surface area contributed by atoms with Crippen molar-refractivity contribution in [3.8, 4) is 0 Å². The van der Waals surface area contributed by atoms with Gasteiger partial charge in [0.05, 0.1) is 10.8 Å². The van der Waals surface area contributed by atoms with Crippen molar-refractivity contribution in [3.63, 3.8) is 0 Å². The first kappa shape index (κ1) is 24.5. The van der Waals surface area contributed by atoms with Gasteiger partial charge in [-0.2, -0.15) is 0 Å². The van der Waals surface area contributed by atoms with Crippen LogP contribution in [0.3, 0.4) is 0 Å². The molecule has 0 saturated heterocycles. The van der Waals surface area contributed by atoms with Gasteiger partial charge in [-0.1, -0.05) is 6.92 Å². The first-order valence-electron chi connectivity index (χ1n) is 8.25. The SMILES string of the molecule is CCc1cnc(CCNC(=NC)NCCCN(C)S(=O)(=O)CC)s1.I. The van der Waals surface area contributed by atoms with E-state index in [-0.39, 0.29) is 29.7 Å². The maximum absolute atomic E-state index is 11.6. The third-order valence-corrected chi connectivity index (χ3v) is 6.65. The van der Waals surface area contributed by atoms with Gasteiger partial charge < -0.3 is 10.6 Å². The highest BCUT2D eigenvalue weighted by atomic mass is 127. The molecule has 0 aromatic carbocycles. The topological polar surface area (TPSA) is 86.7 Å². The zero-order chi connectivity index (χ0) is 18.0. The molecule has 0 saturated carbocycles. The van der Waals surface area contributed by atoms with Crippen LogP contribution in [0.2, 0.25) is 0 Å². The fraction of sp³-hybridized carbons (Fsp3) is 0.733. The Morgan fingerprint density at radius 1 is 1.32 bits per heavy atom. The average Bonchev–Trinajstić information content (AvgIpc) is 3.04. The number of hydrogen-bond acceptors (Lipinski definition) is 5. The molecule has 1 rings (SSSR count). The van der Waals surface area contributed by atoms with Crippen LogP contribution < -0.4 is 10.6 Å². The second-order valence-electron chi connectivity index (χ2n) is 5.33. The average molecular weight is 503 g/mol. The zero-order valence-corrected chi connectivity index (χ0v) is 19.4. The van der Waals surface area contributed by atoms with Crippen LogP contribution in [-0.4, -0.2) is 63.1 Å². The summed E-state index contributed by atoms with van der Waals surface area (Å²) in [6.45, 7) is 5.71. The summed E-state index contributed by atoms with van der Waals surface area (Å²) >= 11 is 1.75. The fourth-order valence-corrected chi connectivity index (χ4v) is 3.71. The predicted octanol–water partition coefficient (Wildman–Crippen LogP) is 1.70. The van der Waals surface area contributed by atoms with Crippen LogP contribution >= 0.6 is 35.3 Å². The van der Waals surface area contributed by atoms with E-state index in [0.717, 1.165) is 36.8 Å². The third kappa shape index (κ3) is 9.15. The number of nitrogens with one attached hydrogen (secondary N) is 2. The molecular formula is C15H30IN5O2S2. The lowest BCUT2D eigenvalue weighted by Gasteiger charge is -2.16. The van der Waals surface area contributed by atoms with Crippen LogP contribution in [0.25, 0.3) is 0 Å². The molecule has 0 aliphatic heterocycles. The summed E-state index contributed by atoms with van der Waals surface area (Å²) < 4.78 is 24.7. The van der Waals surface area contributed by atoms with Gasteiger partial charge in [-0.25, -0.2) is 17.7 Å². The number of aryl methyl sites for hydroxylation is 1. The Morgan fingerprint density at radius 3 is 2.56 bits per heavy atom. The van der Waals surface area contributed by atoms with Crippen molar-refractivity contribution in [2.45, 2.75) is 33.1 Å². The minimum atomic E-state index is -3.10. The Labute approximate surface area is 172 Å². The van der Waals surface area contributed by atoms with Crippen LogP contribution in [0, 0.1) is 0 Å². The van der Waals surface area contributed by atoms with Crippen molar-refractivity contribution in [2.24, 2.45) is 4.99 Å². The fourth-order valence-electron chi connectivity index (χ4n) is 2.00. The smallest absolute Gasteiger partial charge is 0.213 e. The molecule has 0 spiro atoms. The number of halogens is 1. The monoisotopic (exact) mass is 503 g/mol. The van der Waals surface area contributed by atoms with Crippen LogP contribution in [0.15, 0.2) is 11.2 Å². The number of guanidine groups is 1. The van der Waals surface area contributed by atoms with Crippen molar-refractivity contribution in [1.29, 1.82) is 0 Å². The van der Waals surface area contributed by atoms with E-state index in [1.807, 2.05) is 6.20 Å². The Morgan fingerprint density at radius 2 is 2.00 bits per heavy atom. The third-order valence-electron chi connectivity index (χ3n) is 3.59. The lowest BCUT2D eigenvalue weighted by Crippen LogP contribution is -2.39. The summed E-state index contributed by atoms with van der Waals surface area (Å²) in [6, 6.07) is 0. The number of sulfonamides is 1. The van der Waals surface area contributed by atoms with E-state index in [4.69, 9.17) is 0 Å². The van der Waals surface area contributed by atoms with Gasteiger partial charge in [-0.05, 0) is 19.8 Å². The molecular weight excluding hydrogens is 473 g/mol. The van der Waals surface area contributed by atoms with E-state index in [0.29, 0.717) is 13.1 Å². The van der Waals surface area contributed by atoms with Gasteiger partial charge in [0.1, 0.15) is 0 Å².